The Labute approximate surface area is 297 Å². The number of fused-ring (bicyclic) bond motifs is 1. The van der Waals surface area contributed by atoms with Gasteiger partial charge >= 0.3 is 0 Å². The molecule has 1 atom stereocenters. The van der Waals surface area contributed by atoms with Crippen LogP contribution in [0.4, 0.5) is 10.1 Å². The number of ether oxygens (including phenoxy) is 2. The maximum Gasteiger partial charge on any atom is 0.255 e. The highest BCUT2D eigenvalue weighted by atomic mass is 19.1. The van der Waals surface area contributed by atoms with Gasteiger partial charge in [0.2, 0.25) is 11.8 Å². The third-order valence-corrected chi connectivity index (χ3v) is 10.6. The highest BCUT2D eigenvalue weighted by Crippen LogP contribution is 2.34. The maximum absolute atomic E-state index is 15.3. The lowest BCUT2D eigenvalue weighted by molar-refractivity contribution is -0.136. The van der Waals surface area contributed by atoms with E-state index in [0.29, 0.717) is 54.2 Å². The van der Waals surface area contributed by atoms with Crippen LogP contribution in [0.2, 0.25) is 0 Å². The highest BCUT2D eigenvalue weighted by Gasteiger charge is 2.40. The molecule has 0 radical (unpaired) electrons. The van der Waals surface area contributed by atoms with Crippen LogP contribution in [0.15, 0.2) is 54.6 Å². The van der Waals surface area contributed by atoms with Crippen LogP contribution in [-0.4, -0.2) is 78.5 Å². The van der Waals surface area contributed by atoms with Gasteiger partial charge in [-0.2, -0.15) is 5.26 Å². The second kappa shape index (κ2) is 14.8. The number of benzene rings is 3. The first-order chi connectivity index (χ1) is 24.7. The third-order valence-electron chi connectivity index (χ3n) is 10.6. The molecule has 2 saturated heterocycles. The molecule has 3 fully saturated rings. The molecule has 51 heavy (non-hydrogen) atoms. The van der Waals surface area contributed by atoms with Crippen molar-refractivity contribution in [3.8, 4) is 11.8 Å². The lowest BCUT2D eigenvalue weighted by Crippen LogP contribution is -2.52. The largest absolute Gasteiger partial charge is 0.488 e. The van der Waals surface area contributed by atoms with Gasteiger partial charge in [0, 0.05) is 67.1 Å². The first-order valence-corrected chi connectivity index (χ1v) is 17.7. The normalized spacial score (nSPS) is 20.1. The lowest BCUT2D eigenvalue weighted by Gasteiger charge is -2.38. The monoisotopic (exact) mass is 694 g/mol. The van der Waals surface area contributed by atoms with Crippen molar-refractivity contribution in [1.82, 2.24) is 15.1 Å². The van der Waals surface area contributed by atoms with Crippen molar-refractivity contribution in [3.05, 3.63) is 93.8 Å². The van der Waals surface area contributed by atoms with Gasteiger partial charge in [-0.3, -0.25) is 24.6 Å². The zero-order valence-corrected chi connectivity index (χ0v) is 28.7. The van der Waals surface area contributed by atoms with E-state index in [2.05, 4.69) is 21.2 Å². The summed E-state index contributed by atoms with van der Waals surface area (Å²) in [6.45, 7) is 5.15. The smallest absolute Gasteiger partial charge is 0.255 e. The van der Waals surface area contributed by atoms with Crippen molar-refractivity contribution in [2.24, 2.45) is 5.73 Å². The molecule has 3 aromatic carbocycles. The molecule has 7 rings (SSSR count). The van der Waals surface area contributed by atoms with Crippen molar-refractivity contribution in [1.29, 1.82) is 5.26 Å². The summed E-state index contributed by atoms with van der Waals surface area (Å²) >= 11 is 0. The van der Waals surface area contributed by atoms with Gasteiger partial charge in [-0.05, 0) is 79.6 Å². The van der Waals surface area contributed by atoms with Crippen LogP contribution in [0.5, 0.6) is 5.75 Å². The number of hydrogen-bond donors (Lipinski definition) is 2. The number of piperidine rings is 1. The zero-order chi connectivity index (χ0) is 35.5. The number of hydrogen-bond acceptors (Lipinski definition) is 9. The van der Waals surface area contributed by atoms with Crippen LogP contribution in [0.1, 0.15) is 70.3 Å². The molecule has 11 nitrogen and oxygen atoms in total. The van der Waals surface area contributed by atoms with Crippen molar-refractivity contribution in [3.63, 3.8) is 0 Å². The number of nitriles is 1. The summed E-state index contributed by atoms with van der Waals surface area (Å²) in [7, 11) is 0. The van der Waals surface area contributed by atoms with Gasteiger partial charge in [0.1, 0.15) is 24.2 Å². The van der Waals surface area contributed by atoms with Crippen LogP contribution in [-0.2, 0) is 40.4 Å². The predicted octanol–water partition coefficient (Wildman–Crippen LogP) is 3.80. The SMILES string of the molecule is N#Cc1ccc(N2CCN(Cc3ccc(COc4cccc5c4CN([C@H]4CCC(=O)NC4=O)C5=O)c(F)c3)CC2)c(CCOCC2(N)CCC2)c1. The molecule has 0 aromatic heterocycles. The molecule has 266 valence electrons. The number of nitrogens with one attached hydrogen (secondary N) is 1. The summed E-state index contributed by atoms with van der Waals surface area (Å²) in [6, 6.07) is 17.8. The van der Waals surface area contributed by atoms with Crippen molar-refractivity contribution < 1.29 is 28.2 Å². The standard InChI is InChI=1S/C39H43FN6O5/c40-32-20-27(5-7-29(32)24-51-35-4-1-3-30-31(35)23-46(38(30)49)34-9-10-36(47)43-37(34)48)22-44-14-16-45(17-15-44)33-8-6-26(21-41)19-28(33)11-18-50-25-39(42)12-2-13-39/h1,3-8,19-20,34H,2,9-18,22-25,42H2,(H,43,47,48)/t34-/m0/s1. The Balaban J connectivity index is 0.920. The summed E-state index contributed by atoms with van der Waals surface area (Å²) in [6.07, 6.45) is 4.34. The summed E-state index contributed by atoms with van der Waals surface area (Å²) in [5.74, 6) is -0.986. The highest BCUT2D eigenvalue weighted by molar-refractivity contribution is 6.05. The molecule has 1 aliphatic carbocycles. The summed E-state index contributed by atoms with van der Waals surface area (Å²) < 4.78 is 27.3. The first kappa shape index (κ1) is 34.6. The van der Waals surface area contributed by atoms with E-state index < -0.39 is 11.9 Å². The van der Waals surface area contributed by atoms with Crippen LogP contribution in [0.3, 0.4) is 0 Å². The Bertz CT molecular complexity index is 1860. The Morgan fingerprint density at radius 1 is 1.02 bits per heavy atom. The van der Waals surface area contributed by atoms with E-state index in [9.17, 15) is 19.6 Å². The lowest BCUT2D eigenvalue weighted by atomic mass is 9.78. The van der Waals surface area contributed by atoms with Crippen LogP contribution >= 0.6 is 0 Å². The number of nitrogens with zero attached hydrogens (tertiary/aromatic N) is 4. The number of nitrogens with two attached hydrogens (primary N) is 1. The number of rotatable bonds is 12. The van der Waals surface area contributed by atoms with E-state index >= 15 is 4.39 Å². The van der Waals surface area contributed by atoms with Crippen molar-refractivity contribution in [2.45, 2.75) is 69.8 Å². The first-order valence-electron chi connectivity index (χ1n) is 17.7. The van der Waals surface area contributed by atoms with E-state index in [1.165, 1.54) is 4.90 Å². The van der Waals surface area contributed by atoms with Gasteiger partial charge in [-0.1, -0.05) is 18.2 Å². The number of carbonyl (C=O) groups is 3. The fourth-order valence-electron chi connectivity index (χ4n) is 7.46. The third kappa shape index (κ3) is 7.61. The molecule has 12 heteroatoms. The number of amides is 3. The van der Waals surface area contributed by atoms with Gasteiger partial charge in [0.05, 0.1) is 31.4 Å². The molecule has 0 unspecified atom stereocenters. The quantitative estimate of drug-likeness (QED) is 0.214. The summed E-state index contributed by atoms with van der Waals surface area (Å²) in [5, 5.41) is 11.8. The second-order valence-electron chi connectivity index (χ2n) is 14.1. The Morgan fingerprint density at radius 3 is 2.57 bits per heavy atom. The molecule has 3 heterocycles. The van der Waals surface area contributed by atoms with Gasteiger partial charge in [-0.15, -0.1) is 0 Å². The number of imide groups is 1. The van der Waals surface area contributed by atoms with Gasteiger partial charge in [0.15, 0.2) is 0 Å². The maximum atomic E-state index is 15.3. The van der Waals surface area contributed by atoms with Gasteiger partial charge in [0.25, 0.3) is 5.91 Å². The topological polar surface area (TPSA) is 141 Å². The summed E-state index contributed by atoms with van der Waals surface area (Å²) in [5.41, 5.74) is 11.4. The molecule has 1 saturated carbocycles. The Morgan fingerprint density at radius 2 is 1.84 bits per heavy atom. The Hall–Kier alpha value is -4.83. The number of anilines is 1. The average Bonchev–Trinajstić information content (AvgIpc) is 3.45. The van der Waals surface area contributed by atoms with Gasteiger partial charge < -0.3 is 25.0 Å². The van der Waals surface area contributed by atoms with Crippen molar-refractivity contribution >= 4 is 23.4 Å². The van der Waals surface area contributed by atoms with Crippen LogP contribution in [0, 0.1) is 17.1 Å². The zero-order valence-electron chi connectivity index (χ0n) is 28.7. The average molecular weight is 695 g/mol. The predicted molar refractivity (Wildman–Crippen MR) is 187 cm³/mol. The van der Waals surface area contributed by atoms with E-state index in [1.807, 2.05) is 24.3 Å². The molecule has 4 aliphatic rings. The number of carbonyl (C=O) groups excluding carboxylic acids is 3. The molecular formula is C39H43FN6O5. The van der Waals surface area contributed by atoms with Crippen molar-refractivity contribution in [2.75, 3.05) is 44.3 Å². The molecule has 3 aromatic rings. The van der Waals surface area contributed by atoms with Crippen LogP contribution in [0.25, 0.3) is 0 Å². The van der Waals surface area contributed by atoms with E-state index in [4.69, 9.17) is 15.2 Å². The molecule has 0 bridgehead atoms. The van der Waals surface area contributed by atoms with E-state index in [0.717, 1.165) is 62.3 Å². The fraction of sp³-hybridized carbons (Fsp3) is 0.436. The molecule has 3 amide bonds. The van der Waals surface area contributed by atoms with E-state index in [1.54, 1.807) is 30.3 Å². The molecule has 3 aliphatic heterocycles. The number of piperazine rings is 1. The van der Waals surface area contributed by atoms with Crippen LogP contribution < -0.4 is 20.7 Å². The second-order valence-corrected chi connectivity index (χ2v) is 14.1. The fourth-order valence-corrected chi connectivity index (χ4v) is 7.46. The minimum atomic E-state index is -0.719. The Kier molecular flexibility index (Phi) is 10.0. The van der Waals surface area contributed by atoms with Gasteiger partial charge in [-0.25, -0.2) is 4.39 Å². The van der Waals surface area contributed by atoms with E-state index in [-0.39, 0.29) is 49.2 Å². The number of halogens is 1. The molecule has 0 spiro atoms. The minimum absolute atomic E-state index is 0.0150. The molecular weight excluding hydrogens is 651 g/mol. The molecule has 3 N–H and O–H groups in total. The summed E-state index contributed by atoms with van der Waals surface area (Å²) in [4.78, 5) is 43.3. The minimum Gasteiger partial charge on any atom is -0.488 e.